The topological polar surface area (TPSA) is 82.3 Å². The minimum Gasteiger partial charge on any atom is -0.428 e. The first kappa shape index (κ1) is 25.0. The highest BCUT2D eigenvalue weighted by molar-refractivity contribution is 5.42. The third-order valence-electron chi connectivity index (χ3n) is 4.77. The van der Waals surface area contributed by atoms with Crippen LogP contribution in [0.1, 0.15) is 24.1 Å². The summed E-state index contributed by atoms with van der Waals surface area (Å²) in [5.41, 5.74) is -1.82. The van der Waals surface area contributed by atoms with Crippen molar-refractivity contribution in [3.05, 3.63) is 78.1 Å². The fourth-order valence-electron chi connectivity index (χ4n) is 3.07. The molecule has 1 heterocycles. The molecule has 0 bridgehead atoms. The fourth-order valence-corrected chi connectivity index (χ4v) is 3.07. The van der Waals surface area contributed by atoms with Gasteiger partial charge in [-0.05, 0) is 47.5 Å². The van der Waals surface area contributed by atoms with Gasteiger partial charge in [0, 0.05) is 0 Å². The Morgan fingerprint density at radius 1 is 0.941 bits per heavy atom. The van der Waals surface area contributed by atoms with E-state index in [4.69, 9.17) is 0 Å². The first-order valence-electron chi connectivity index (χ1n) is 9.34. The van der Waals surface area contributed by atoms with Crippen LogP contribution in [0, 0.1) is 0 Å². The largest absolute Gasteiger partial charge is 0.461 e. The van der Waals surface area contributed by atoms with Crippen molar-refractivity contribution in [2.45, 2.75) is 31.1 Å². The quantitative estimate of drug-likeness (QED) is 0.341. The zero-order valence-electron chi connectivity index (χ0n) is 17.0. The lowest BCUT2D eigenvalue weighted by molar-refractivity contribution is -0.253. The van der Waals surface area contributed by atoms with Crippen molar-refractivity contribution in [1.82, 2.24) is 20.2 Å². The van der Waals surface area contributed by atoms with Gasteiger partial charge in [-0.3, -0.25) is 0 Å². The van der Waals surface area contributed by atoms with E-state index in [-0.39, 0.29) is 16.9 Å². The van der Waals surface area contributed by atoms with Gasteiger partial charge in [-0.15, -0.1) is 10.2 Å². The maximum Gasteiger partial charge on any atom is 0.461 e. The summed E-state index contributed by atoms with van der Waals surface area (Å²) in [5, 5.41) is 22.8. The van der Waals surface area contributed by atoms with Crippen LogP contribution in [0.5, 0.6) is 11.5 Å². The number of halogens is 7. The second kappa shape index (κ2) is 9.67. The molecule has 1 N–H and O–H groups in total. The van der Waals surface area contributed by atoms with E-state index < -0.39 is 42.0 Å². The SMILES string of the molecule is CC(n1ncnn1)C(O)(c1ccc(OC(F)=C(F)F)cc1)c1ccc(OC(F)(F)C(F)F)cc1. The van der Waals surface area contributed by atoms with Gasteiger partial charge in [-0.1, -0.05) is 24.3 Å². The van der Waals surface area contributed by atoms with Crippen LogP contribution in [0.15, 0.2) is 67.0 Å². The maximum absolute atomic E-state index is 13.2. The van der Waals surface area contributed by atoms with Crippen LogP contribution in [-0.2, 0) is 5.60 Å². The standard InChI is InChI=1S/C20H15F7N4O3/c1-11(31-29-10-28-30-31)19(32,12-2-6-14(7-3-12)33-17(23)16(21)22)13-4-8-15(9-5-13)34-20(26,27)18(24)25/h2-11,18,32H,1H3. The van der Waals surface area contributed by atoms with Gasteiger partial charge in [0.2, 0.25) is 0 Å². The van der Waals surface area contributed by atoms with Gasteiger partial charge in [-0.2, -0.15) is 35.5 Å². The van der Waals surface area contributed by atoms with Gasteiger partial charge >= 0.3 is 24.6 Å². The van der Waals surface area contributed by atoms with Crippen molar-refractivity contribution in [3.63, 3.8) is 0 Å². The van der Waals surface area contributed by atoms with E-state index in [1.807, 2.05) is 0 Å². The molecule has 0 aliphatic heterocycles. The highest BCUT2D eigenvalue weighted by Crippen LogP contribution is 2.40. The zero-order valence-corrected chi connectivity index (χ0v) is 17.0. The predicted molar refractivity (Wildman–Crippen MR) is 101 cm³/mol. The number of benzene rings is 2. The number of tetrazole rings is 1. The molecule has 34 heavy (non-hydrogen) atoms. The average Bonchev–Trinajstić information content (AvgIpc) is 3.33. The lowest BCUT2D eigenvalue weighted by Gasteiger charge is -2.34. The highest BCUT2D eigenvalue weighted by Gasteiger charge is 2.44. The number of aromatic nitrogens is 4. The lowest BCUT2D eigenvalue weighted by Crippen LogP contribution is -2.37. The second-order valence-electron chi connectivity index (χ2n) is 6.85. The van der Waals surface area contributed by atoms with Crippen molar-refractivity contribution in [3.8, 4) is 11.5 Å². The van der Waals surface area contributed by atoms with E-state index >= 15 is 0 Å². The van der Waals surface area contributed by atoms with Crippen LogP contribution in [0.25, 0.3) is 0 Å². The molecule has 0 fully saturated rings. The van der Waals surface area contributed by atoms with E-state index in [0.29, 0.717) is 0 Å². The van der Waals surface area contributed by atoms with Gasteiger partial charge in [0.15, 0.2) is 6.33 Å². The van der Waals surface area contributed by atoms with Crippen molar-refractivity contribution in [2.24, 2.45) is 0 Å². The normalized spacial score (nSPS) is 14.4. The lowest BCUT2D eigenvalue weighted by atomic mass is 9.81. The molecule has 1 aromatic heterocycles. The molecule has 0 spiro atoms. The third-order valence-corrected chi connectivity index (χ3v) is 4.77. The predicted octanol–water partition coefficient (Wildman–Crippen LogP) is 4.82. The Morgan fingerprint density at radius 2 is 1.47 bits per heavy atom. The summed E-state index contributed by atoms with van der Waals surface area (Å²) < 4.78 is 97.1. The molecule has 0 amide bonds. The number of hydrogen-bond donors (Lipinski definition) is 1. The number of ether oxygens (including phenoxy) is 2. The molecule has 3 rings (SSSR count). The first-order valence-corrected chi connectivity index (χ1v) is 9.34. The minimum absolute atomic E-state index is 0.0690. The Bertz CT molecular complexity index is 1120. The van der Waals surface area contributed by atoms with Crippen molar-refractivity contribution < 1.29 is 45.3 Å². The molecule has 7 nitrogen and oxygen atoms in total. The molecule has 0 saturated heterocycles. The molecule has 0 aliphatic carbocycles. The number of alkyl halides is 4. The summed E-state index contributed by atoms with van der Waals surface area (Å²) in [5.74, 6) is -0.900. The van der Waals surface area contributed by atoms with E-state index in [1.165, 1.54) is 19.1 Å². The molecule has 2 atom stereocenters. The molecule has 0 saturated carbocycles. The molecule has 0 radical (unpaired) electrons. The second-order valence-corrected chi connectivity index (χ2v) is 6.85. The van der Waals surface area contributed by atoms with Crippen molar-refractivity contribution in [2.75, 3.05) is 0 Å². The third kappa shape index (κ3) is 5.11. The Hall–Kier alpha value is -3.68. The van der Waals surface area contributed by atoms with E-state index in [9.17, 15) is 35.8 Å². The van der Waals surface area contributed by atoms with Crippen LogP contribution in [-0.4, -0.2) is 37.8 Å². The van der Waals surface area contributed by atoms with Crippen LogP contribution in [0.2, 0.25) is 0 Å². The minimum atomic E-state index is -4.73. The van der Waals surface area contributed by atoms with Crippen molar-refractivity contribution in [1.29, 1.82) is 0 Å². The Morgan fingerprint density at radius 3 is 1.91 bits per heavy atom. The smallest absolute Gasteiger partial charge is 0.428 e. The summed E-state index contributed by atoms with van der Waals surface area (Å²) in [6, 6.07) is 5.78. The van der Waals surface area contributed by atoms with Gasteiger partial charge in [0.1, 0.15) is 23.1 Å². The molecule has 3 aromatic rings. The number of hydrogen-bond acceptors (Lipinski definition) is 6. The number of rotatable bonds is 9. The summed E-state index contributed by atoms with van der Waals surface area (Å²) in [4.78, 5) is 1.04. The van der Waals surface area contributed by atoms with Crippen LogP contribution in [0.4, 0.5) is 30.7 Å². The van der Waals surface area contributed by atoms with Gasteiger partial charge in [0.25, 0.3) is 0 Å². The van der Waals surface area contributed by atoms with Crippen LogP contribution in [0.3, 0.4) is 0 Å². The highest BCUT2D eigenvalue weighted by atomic mass is 19.3. The number of aliphatic hydroxyl groups is 1. The van der Waals surface area contributed by atoms with Gasteiger partial charge < -0.3 is 14.6 Å². The van der Waals surface area contributed by atoms with E-state index in [0.717, 1.165) is 47.5 Å². The Labute approximate surface area is 187 Å². The van der Waals surface area contributed by atoms with Gasteiger partial charge in [0.05, 0.1) is 0 Å². The molecule has 0 aliphatic rings. The van der Waals surface area contributed by atoms with Crippen molar-refractivity contribution >= 4 is 0 Å². The summed E-state index contributed by atoms with van der Waals surface area (Å²) in [7, 11) is 0. The zero-order chi connectivity index (χ0) is 25.1. The molecule has 14 heteroatoms. The summed E-state index contributed by atoms with van der Waals surface area (Å²) >= 11 is 0. The molecule has 182 valence electrons. The first-order chi connectivity index (χ1) is 15.9. The molecular formula is C20H15F7N4O3. The number of nitrogens with zero attached hydrogens (tertiary/aromatic N) is 4. The van der Waals surface area contributed by atoms with Crippen LogP contribution < -0.4 is 9.47 Å². The summed E-state index contributed by atoms with van der Waals surface area (Å²) in [6.45, 7) is 1.49. The molecular weight excluding hydrogens is 477 g/mol. The van der Waals surface area contributed by atoms with Crippen LogP contribution >= 0.6 is 0 Å². The maximum atomic E-state index is 13.2. The van der Waals surface area contributed by atoms with Gasteiger partial charge in [-0.25, -0.2) is 0 Å². The molecule has 2 aromatic carbocycles. The summed E-state index contributed by atoms with van der Waals surface area (Å²) in [6.07, 6.45) is -10.4. The Balaban J connectivity index is 2.00. The fraction of sp³-hybridized carbons (Fsp3) is 0.250. The Kier molecular flexibility index (Phi) is 7.09. The average molecular weight is 492 g/mol. The molecule has 2 unspecified atom stereocenters. The monoisotopic (exact) mass is 492 g/mol. The van der Waals surface area contributed by atoms with E-state index in [2.05, 4.69) is 24.9 Å². The van der Waals surface area contributed by atoms with E-state index in [1.54, 1.807) is 0 Å².